The fraction of sp³-hybridized carbons (Fsp3) is 1.00. The third kappa shape index (κ3) is 6.51. The molecule has 0 aliphatic heterocycles. The second-order valence-electron chi connectivity index (χ2n) is 13.1. The minimum Gasteiger partial charge on any atom is -0.381 e. The standard InChI is InChI=1S/C29H46F6O4S/c1-19-3-5-20(6-4-19)27(28(30,31)32,29(33,34)35)21-7-9-23(10-8-21)39-24-13-17-26(18-14-24)40(36,37)25-15-11-22(38-2)12-16-25/h19-26H,3-18H2,1-2H3. The second-order valence-corrected chi connectivity index (χ2v) is 15.6. The van der Waals surface area contributed by atoms with Crippen LogP contribution in [0.1, 0.15) is 110 Å². The SMILES string of the molecule is COC1CCC(S(=O)(=O)C2CCC(OC3CCC(C(C4CCC(C)CC4)(C(F)(F)F)C(F)(F)F)CC3)CC2)CC1. The molecule has 0 spiro atoms. The molecule has 234 valence electrons. The highest BCUT2D eigenvalue weighted by molar-refractivity contribution is 7.92. The van der Waals surface area contributed by atoms with Gasteiger partial charge >= 0.3 is 12.4 Å². The van der Waals surface area contributed by atoms with E-state index in [0.717, 1.165) is 12.8 Å². The molecule has 11 heteroatoms. The minimum absolute atomic E-state index is 0.0451. The van der Waals surface area contributed by atoms with Crippen molar-refractivity contribution in [2.24, 2.45) is 23.2 Å². The maximum Gasteiger partial charge on any atom is 0.403 e. The average molecular weight is 605 g/mol. The van der Waals surface area contributed by atoms with Crippen LogP contribution in [0.5, 0.6) is 0 Å². The van der Waals surface area contributed by atoms with Crippen molar-refractivity contribution >= 4 is 9.84 Å². The molecule has 0 unspecified atom stereocenters. The maximum absolute atomic E-state index is 14.5. The van der Waals surface area contributed by atoms with Gasteiger partial charge in [-0.15, -0.1) is 0 Å². The Kier molecular flexibility index (Phi) is 10.2. The van der Waals surface area contributed by atoms with E-state index in [1.54, 1.807) is 7.11 Å². The van der Waals surface area contributed by atoms with Gasteiger partial charge in [0.1, 0.15) is 0 Å². The molecule has 0 aromatic carbocycles. The van der Waals surface area contributed by atoms with E-state index < -0.39 is 44.7 Å². The van der Waals surface area contributed by atoms with Crippen LogP contribution < -0.4 is 0 Å². The largest absolute Gasteiger partial charge is 0.403 e. The molecule has 0 heterocycles. The van der Waals surface area contributed by atoms with Crippen LogP contribution in [0.3, 0.4) is 0 Å². The molecule has 0 atom stereocenters. The zero-order chi connectivity index (χ0) is 29.3. The predicted octanol–water partition coefficient (Wildman–Crippen LogP) is 8.18. The molecule has 4 aliphatic carbocycles. The van der Waals surface area contributed by atoms with Crippen LogP contribution in [0.4, 0.5) is 26.3 Å². The van der Waals surface area contributed by atoms with Gasteiger partial charge in [-0.1, -0.05) is 19.8 Å². The van der Waals surface area contributed by atoms with Crippen LogP contribution in [-0.4, -0.2) is 56.7 Å². The number of rotatable bonds is 7. The molecular formula is C29H46F6O4S. The molecule has 0 radical (unpaired) electrons. The number of halogens is 6. The first-order valence-electron chi connectivity index (χ1n) is 15.2. The molecule has 4 fully saturated rings. The van der Waals surface area contributed by atoms with Gasteiger partial charge in [-0.3, -0.25) is 0 Å². The first-order chi connectivity index (χ1) is 18.7. The number of hydrogen-bond donors (Lipinski definition) is 0. The lowest BCUT2D eigenvalue weighted by molar-refractivity contribution is -0.382. The number of ether oxygens (including phenoxy) is 2. The molecule has 0 aromatic heterocycles. The lowest BCUT2D eigenvalue weighted by Gasteiger charge is -2.51. The van der Waals surface area contributed by atoms with Gasteiger partial charge in [-0.2, -0.15) is 26.3 Å². The smallest absolute Gasteiger partial charge is 0.381 e. The van der Waals surface area contributed by atoms with Crippen LogP contribution in [0, 0.1) is 23.2 Å². The lowest BCUT2D eigenvalue weighted by Crippen LogP contribution is -2.60. The molecule has 4 nitrogen and oxygen atoms in total. The highest BCUT2D eigenvalue weighted by atomic mass is 32.2. The molecule has 4 rings (SSSR count). The summed E-state index contributed by atoms with van der Waals surface area (Å²) in [5.74, 6) is -2.79. The van der Waals surface area contributed by atoms with E-state index in [1.165, 1.54) is 0 Å². The summed E-state index contributed by atoms with van der Waals surface area (Å²) in [5, 5.41) is -0.754. The van der Waals surface area contributed by atoms with E-state index in [0.29, 0.717) is 51.4 Å². The molecule has 0 bridgehead atoms. The summed E-state index contributed by atoms with van der Waals surface area (Å²) in [4.78, 5) is 0. The summed E-state index contributed by atoms with van der Waals surface area (Å²) < 4.78 is 125. The Bertz CT molecular complexity index is 890. The number of methoxy groups -OCH3 is 1. The minimum atomic E-state index is -5.36. The van der Waals surface area contributed by atoms with E-state index in [-0.39, 0.29) is 68.0 Å². The third-order valence-electron chi connectivity index (χ3n) is 10.8. The first kappa shape index (κ1) is 32.4. The van der Waals surface area contributed by atoms with Crippen molar-refractivity contribution < 1.29 is 44.2 Å². The summed E-state index contributed by atoms with van der Waals surface area (Å²) in [7, 11) is -1.62. The second kappa shape index (κ2) is 12.6. The zero-order valence-corrected chi connectivity index (χ0v) is 24.6. The Balaban J connectivity index is 1.33. The third-order valence-corrected chi connectivity index (χ3v) is 13.6. The summed E-state index contributed by atoms with van der Waals surface area (Å²) in [6.07, 6.45) is -5.71. The number of alkyl halides is 6. The van der Waals surface area contributed by atoms with Crippen LogP contribution in [0.2, 0.25) is 0 Å². The highest BCUT2D eigenvalue weighted by Crippen LogP contribution is 2.65. The van der Waals surface area contributed by atoms with Crippen molar-refractivity contribution in [3.63, 3.8) is 0 Å². The Hall–Kier alpha value is -0.550. The van der Waals surface area contributed by atoms with Gasteiger partial charge in [0.15, 0.2) is 15.3 Å². The zero-order valence-electron chi connectivity index (χ0n) is 23.7. The summed E-state index contributed by atoms with van der Waals surface area (Å²) in [6.45, 7) is 1.89. The van der Waals surface area contributed by atoms with Crippen LogP contribution in [-0.2, 0) is 19.3 Å². The summed E-state index contributed by atoms with van der Waals surface area (Å²) in [6, 6.07) is 0. The normalized spacial score (nSPS) is 37.3. The van der Waals surface area contributed by atoms with Crippen molar-refractivity contribution in [2.75, 3.05) is 7.11 Å². The number of hydrogen-bond acceptors (Lipinski definition) is 4. The quantitative estimate of drug-likeness (QED) is 0.275. The average Bonchev–Trinajstić information content (AvgIpc) is 2.90. The molecule has 0 amide bonds. The molecule has 0 saturated heterocycles. The van der Waals surface area contributed by atoms with Gasteiger partial charge < -0.3 is 9.47 Å². The Morgan fingerprint density at radius 1 is 0.550 bits per heavy atom. The summed E-state index contributed by atoms with van der Waals surface area (Å²) in [5.41, 5.74) is -3.67. The van der Waals surface area contributed by atoms with Crippen molar-refractivity contribution in [3.05, 3.63) is 0 Å². The topological polar surface area (TPSA) is 52.6 Å². The Morgan fingerprint density at radius 3 is 1.27 bits per heavy atom. The van der Waals surface area contributed by atoms with Crippen LogP contribution in [0.25, 0.3) is 0 Å². The molecule has 0 N–H and O–H groups in total. The Labute approximate surface area is 235 Å². The van der Waals surface area contributed by atoms with E-state index in [2.05, 4.69) is 0 Å². The van der Waals surface area contributed by atoms with E-state index in [4.69, 9.17) is 9.47 Å². The monoisotopic (exact) mass is 604 g/mol. The summed E-state index contributed by atoms with van der Waals surface area (Å²) >= 11 is 0. The first-order valence-corrected chi connectivity index (χ1v) is 16.9. The van der Waals surface area contributed by atoms with Crippen molar-refractivity contribution in [3.8, 4) is 0 Å². The molecule has 4 saturated carbocycles. The van der Waals surface area contributed by atoms with Crippen LogP contribution >= 0.6 is 0 Å². The van der Waals surface area contributed by atoms with Gasteiger partial charge in [0, 0.05) is 7.11 Å². The molecule has 40 heavy (non-hydrogen) atoms. The molecule has 4 aliphatic rings. The predicted molar refractivity (Wildman–Crippen MR) is 141 cm³/mol. The highest BCUT2D eigenvalue weighted by Gasteiger charge is 2.76. The van der Waals surface area contributed by atoms with Gasteiger partial charge in [0.2, 0.25) is 0 Å². The Morgan fingerprint density at radius 2 is 0.900 bits per heavy atom. The van der Waals surface area contributed by atoms with E-state index in [9.17, 15) is 34.8 Å². The van der Waals surface area contributed by atoms with Gasteiger partial charge in [-0.25, -0.2) is 8.42 Å². The van der Waals surface area contributed by atoms with Crippen LogP contribution in [0.15, 0.2) is 0 Å². The van der Waals surface area contributed by atoms with Gasteiger partial charge in [0.25, 0.3) is 0 Å². The maximum atomic E-state index is 14.5. The number of sulfone groups is 1. The van der Waals surface area contributed by atoms with Crippen molar-refractivity contribution in [1.82, 2.24) is 0 Å². The van der Waals surface area contributed by atoms with E-state index in [1.807, 2.05) is 6.92 Å². The lowest BCUT2D eigenvalue weighted by atomic mass is 9.57. The van der Waals surface area contributed by atoms with Gasteiger partial charge in [-0.05, 0) is 108 Å². The fourth-order valence-electron chi connectivity index (χ4n) is 8.43. The van der Waals surface area contributed by atoms with E-state index >= 15 is 0 Å². The molecular weight excluding hydrogens is 558 g/mol. The van der Waals surface area contributed by atoms with Gasteiger partial charge in [0.05, 0.1) is 28.8 Å². The molecule has 0 aromatic rings. The van der Waals surface area contributed by atoms with Crippen molar-refractivity contribution in [2.45, 2.75) is 151 Å². The fourth-order valence-corrected chi connectivity index (χ4v) is 10.8. The van der Waals surface area contributed by atoms with Crippen molar-refractivity contribution in [1.29, 1.82) is 0 Å².